The van der Waals surface area contributed by atoms with E-state index in [1.165, 1.54) is 11.8 Å². The summed E-state index contributed by atoms with van der Waals surface area (Å²) in [5, 5.41) is 0.625. The second-order valence-corrected chi connectivity index (χ2v) is 8.77. The van der Waals surface area contributed by atoms with E-state index in [1.807, 2.05) is 84.9 Å². The number of hydrogen-bond acceptors (Lipinski definition) is 4. The van der Waals surface area contributed by atoms with Crippen molar-refractivity contribution in [3.8, 4) is 5.75 Å². The van der Waals surface area contributed by atoms with Gasteiger partial charge in [0.1, 0.15) is 5.75 Å². The van der Waals surface area contributed by atoms with Gasteiger partial charge in [0.15, 0.2) is 5.17 Å². The third-order valence-electron chi connectivity index (χ3n) is 4.52. The third-order valence-corrected chi connectivity index (χ3v) is 5.98. The first-order valence-electron chi connectivity index (χ1n) is 10.0. The lowest BCUT2D eigenvalue weighted by atomic mass is 10.2. The highest BCUT2D eigenvalue weighted by Gasteiger charge is 2.34. The number of amidine groups is 1. The van der Waals surface area contributed by atoms with Gasteiger partial charge in [0.2, 0.25) is 0 Å². The summed E-state index contributed by atoms with van der Waals surface area (Å²) in [6.45, 7) is 2.69. The van der Waals surface area contributed by atoms with Crippen LogP contribution in [-0.4, -0.2) is 17.7 Å². The van der Waals surface area contributed by atoms with E-state index in [9.17, 15) is 4.79 Å². The minimum atomic E-state index is -0.104. The van der Waals surface area contributed by atoms with Crippen LogP contribution in [0.3, 0.4) is 0 Å². The van der Waals surface area contributed by atoms with Gasteiger partial charge in [0.05, 0.1) is 22.9 Å². The normalized spacial score (nSPS) is 16.3. The SMILES string of the molecule is CCCOc1ccc(Br)cc1/C=C1/SC(=Nc2ccccc2)N(c2ccccc2)C1=O. The van der Waals surface area contributed by atoms with Gasteiger partial charge in [0.25, 0.3) is 5.91 Å². The van der Waals surface area contributed by atoms with Crippen LogP contribution in [-0.2, 0) is 4.79 Å². The summed E-state index contributed by atoms with van der Waals surface area (Å²) in [4.78, 5) is 20.4. The average Bonchev–Trinajstić information content (AvgIpc) is 3.09. The maximum absolute atomic E-state index is 13.4. The molecule has 6 heteroatoms. The van der Waals surface area contributed by atoms with Crippen molar-refractivity contribution in [3.63, 3.8) is 0 Å². The number of halogens is 1. The highest BCUT2D eigenvalue weighted by Crippen LogP contribution is 2.38. The molecule has 3 aromatic rings. The molecule has 31 heavy (non-hydrogen) atoms. The van der Waals surface area contributed by atoms with Crippen molar-refractivity contribution in [1.29, 1.82) is 0 Å². The summed E-state index contributed by atoms with van der Waals surface area (Å²) < 4.78 is 6.82. The minimum absolute atomic E-state index is 0.104. The molecule has 1 heterocycles. The summed E-state index contributed by atoms with van der Waals surface area (Å²) in [5.74, 6) is 0.651. The highest BCUT2D eigenvalue weighted by molar-refractivity contribution is 9.10. The Bertz CT molecular complexity index is 1130. The number of aliphatic imine (C=N–C) groups is 1. The maximum Gasteiger partial charge on any atom is 0.271 e. The van der Waals surface area contributed by atoms with E-state index in [2.05, 4.69) is 22.9 Å². The van der Waals surface area contributed by atoms with E-state index in [-0.39, 0.29) is 5.91 Å². The fraction of sp³-hybridized carbons (Fsp3) is 0.120. The predicted octanol–water partition coefficient (Wildman–Crippen LogP) is 7.05. The summed E-state index contributed by atoms with van der Waals surface area (Å²) >= 11 is 4.89. The Hall–Kier alpha value is -2.83. The first-order valence-corrected chi connectivity index (χ1v) is 11.6. The van der Waals surface area contributed by atoms with Gasteiger partial charge in [-0.25, -0.2) is 4.99 Å². The molecule has 4 rings (SSSR count). The lowest BCUT2D eigenvalue weighted by molar-refractivity contribution is -0.113. The molecule has 0 aromatic heterocycles. The number of para-hydroxylation sites is 2. The molecule has 3 aromatic carbocycles. The lowest BCUT2D eigenvalue weighted by Crippen LogP contribution is -2.28. The van der Waals surface area contributed by atoms with Crippen LogP contribution in [0.2, 0.25) is 0 Å². The maximum atomic E-state index is 13.4. The van der Waals surface area contributed by atoms with Gasteiger partial charge in [-0.1, -0.05) is 59.3 Å². The largest absolute Gasteiger partial charge is 0.493 e. The molecule has 0 radical (unpaired) electrons. The highest BCUT2D eigenvalue weighted by atomic mass is 79.9. The molecule has 1 aliphatic rings. The van der Waals surface area contributed by atoms with E-state index in [0.29, 0.717) is 16.7 Å². The lowest BCUT2D eigenvalue weighted by Gasteiger charge is -2.15. The van der Waals surface area contributed by atoms with Crippen LogP contribution < -0.4 is 9.64 Å². The molecule has 1 amide bonds. The Balaban J connectivity index is 1.76. The Morgan fingerprint density at radius 2 is 1.74 bits per heavy atom. The molecule has 1 fully saturated rings. The Labute approximate surface area is 194 Å². The van der Waals surface area contributed by atoms with Crippen molar-refractivity contribution in [1.82, 2.24) is 0 Å². The number of amides is 1. The standard InChI is InChI=1S/C25H21BrN2O2S/c1-2-15-30-22-14-13-19(26)16-18(22)17-23-24(29)28(21-11-7-4-8-12-21)25(31-23)27-20-9-5-3-6-10-20/h3-14,16-17H,2,15H2,1H3/b23-17+,27-25?. The van der Waals surface area contributed by atoms with Gasteiger partial charge in [-0.15, -0.1) is 0 Å². The van der Waals surface area contributed by atoms with Gasteiger partial charge in [-0.2, -0.15) is 0 Å². The van der Waals surface area contributed by atoms with E-state index >= 15 is 0 Å². The first-order chi connectivity index (χ1) is 15.2. The van der Waals surface area contributed by atoms with E-state index in [0.717, 1.165) is 33.6 Å². The monoisotopic (exact) mass is 492 g/mol. The molecule has 1 saturated heterocycles. The summed E-state index contributed by atoms with van der Waals surface area (Å²) in [7, 11) is 0. The molecule has 0 unspecified atom stereocenters. The second kappa shape index (κ2) is 9.98. The molecular formula is C25H21BrN2O2S. The van der Waals surface area contributed by atoms with Crippen LogP contribution in [0.1, 0.15) is 18.9 Å². The van der Waals surface area contributed by atoms with Crippen molar-refractivity contribution in [2.75, 3.05) is 11.5 Å². The van der Waals surface area contributed by atoms with Crippen molar-refractivity contribution in [2.24, 2.45) is 4.99 Å². The average molecular weight is 493 g/mol. The molecule has 0 N–H and O–H groups in total. The molecule has 0 atom stereocenters. The summed E-state index contributed by atoms with van der Waals surface area (Å²) in [6.07, 6.45) is 2.79. The molecule has 1 aliphatic heterocycles. The third kappa shape index (κ3) is 5.09. The number of anilines is 1. The number of ether oxygens (including phenoxy) is 1. The Kier molecular flexibility index (Phi) is 6.89. The van der Waals surface area contributed by atoms with Crippen LogP contribution in [0.5, 0.6) is 5.75 Å². The van der Waals surface area contributed by atoms with Gasteiger partial charge < -0.3 is 4.74 Å². The molecule has 0 aliphatic carbocycles. The van der Waals surface area contributed by atoms with E-state index < -0.39 is 0 Å². The number of benzene rings is 3. The van der Waals surface area contributed by atoms with Crippen LogP contribution in [0.15, 0.2) is 93.2 Å². The fourth-order valence-corrected chi connectivity index (χ4v) is 4.45. The Morgan fingerprint density at radius 1 is 1.03 bits per heavy atom. The molecular weight excluding hydrogens is 472 g/mol. The molecule has 156 valence electrons. The number of rotatable bonds is 6. The zero-order valence-corrected chi connectivity index (χ0v) is 19.4. The zero-order valence-electron chi connectivity index (χ0n) is 17.0. The topological polar surface area (TPSA) is 41.9 Å². The molecule has 0 bridgehead atoms. The van der Waals surface area contributed by atoms with Crippen molar-refractivity contribution in [2.45, 2.75) is 13.3 Å². The number of thioether (sulfide) groups is 1. The molecule has 4 nitrogen and oxygen atoms in total. The van der Waals surface area contributed by atoms with E-state index in [4.69, 9.17) is 9.73 Å². The zero-order chi connectivity index (χ0) is 21.6. The van der Waals surface area contributed by atoms with Gasteiger partial charge in [-0.3, -0.25) is 9.69 Å². The number of carbonyl (C=O) groups is 1. The number of hydrogen-bond donors (Lipinski definition) is 0. The van der Waals surface area contributed by atoms with Gasteiger partial charge in [0, 0.05) is 10.0 Å². The first kappa shape index (κ1) is 21.4. The quantitative estimate of drug-likeness (QED) is 0.346. The summed E-state index contributed by atoms with van der Waals surface area (Å²) in [6, 6.07) is 25.1. The van der Waals surface area contributed by atoms with Gasteiger partial charge in [-0.05, 0) is 66.7 Å². The van der Waals surface area contributed by atoms with E-state index in [1.54, 1.807) is 4.90 Å². The van der Waals surface area contributed by atoms with Gasteiger partial charge >= 0.3 is 0 Å². The molecule has 0 saturated carbocycles. The second-order valence-electron chi connectivity index (χ2n) is 6.85. The number of nitrogens with zero attached hydrogens (tertiary/aromatic N) is 2. The predicted molar refractivity (Wildman–Crippen MR) is 133 cm³/mol. The van der Waals surface area contributed by atoms with Crippen LogP contribution >= 0.6 is 27.7 Å². The number of carbonyl (C=O) groups excluding carboxylic acids is 1. The fourth-order valence-electron chi connectivity index (χ4n) is 3.08. The van der Waals surface area contributed by atoms with Crippen LogP contribution in [0.4, 0.5) is 11.4 Å². The minimum Gasteiger partial charge on any atom is -0.493 e. The van der Waals surface area contributed by atoms with Crippen molar-refractivity contribution >= 4 is 56.2 Å². The van der Waals surface area contributed by atoms with Crippen molar-refractivity contribution < 1.29 is 9.53 Å². The Morgan fingerprint density at radius 3 is 2.45 bits per heavy atom. The van der Waals surface area contributed by atoms with Crippen LogP contribution in [0.25, 0.3) is 6.08 Å². The summed E-state index contributed by atoms with van der Waals surface area (Å²) in [5.41, 5.74) is 2.44. The smallest absolute Gasteiger partial charge is 0.271 e. The molecule has 0 spiro atoms. The van der Waals surface area contributed by atoms with Crippen molar-refractivity contribution in [3.05, 3.63) is 93.8 Å². The van der Waals surface area contributed by atoms with Crippen LogP contribution in [0, 0.1) is 0 Å².